The van der Waals surface area contributed by atoms with Crippen LogP contribution < -0.4 is 0 Å². The number of rotatable bonds is 1. The zero-order valence-electron chi connectivity index (χ0n) is 18.5. The van der Waals surface area contributed by atoms with Crippen LogP contribution in [0, 0.1) is 34.7 Å². The van der Waals surface area contributed by atoms with Crippen LogP contribution in [0.5, 0.6) is 0 Å². The third-order valence-corrected chi connectivity index (χ3v) is 7.07. The molecule has 3 atom stereocenters. The van der Waals surface area contributed by atoms with Crippen LogP contribution in [0.25, 0.3) is 5.73 Å². The summed E-state index contributed by atoms with van der Waals surface area (Å²) in [5.74, 6) is 6.38. The average molecular weight is 465 g/mol. The van der Waals surface area contributed by atoms with E-state index in [0.29, 0.717) is 26.8 Å². The van der Waals surface area contributed by atoms with Gasteiger partial charge in [0.25, 0.3) is 0 Å². The van der Waals surface area contributed by atoms with Crippen LogP contribution in [0.2, 0.25) is 11.5 Å². The molecule has 27 heavy (non-hydrogen) atoms. The SMILES string of the molecule is CC12CC3CC(C1)CC(C([NH-])=O)(C3)C2.CC1=[C-]C(C)C(C)=C1C.[CH3][GeH][CH3].[Ti+2]. The minimum atomic E-state index is -0.266. The molecule has 0 aliphatic heterocycles. The summed E-state index contributed by atoms with van der Waals surface area (Å²) in [7, 11) is 0. The Morgan fingerprint density at radius 2 is 1.59 bits per heavy atom. The molecule has 4 bridgehead atoms. The standard InChI is InChI=1S/C12H19NO.C9H13.C2H7Ge.Ti/c1-11-3-8-2-9(4-11)6-12(5-8,7-11)10(13)14;1-6-5-7(2)9(4)8(6)3;1-3-2;/h8-9H,2-7H2,1H3,(H2,13,14);6H,1-4H3;3H,1-2H3;/q;-1;;+2/p-1. The van der Waals surface area contributed by atoms with Crippen molar-refractivity contribution in [1.82, 2.24) is 0 Å². The molecule has 0 heterocycles. The number of nitrogens with one attached hydrogen (secondary N) is 1. The second-order valence-electron chi connectivity index (χ2n) is 9.76. The Bertz CT molecular complexity index is 595. The Morgan fingerprint density at radius 1 is 1.11 bits per heavy atom. The van der Waals surface area contributed by atoms with E-state index in [0.717, 1.165) is 31.1 Å². The molecule has 4 saturated carbocycles. The Balaban J connectivity index is 0.000000245. The number of hydrogen-bond acceptors (Lipinski definition) is 1. The summed E-state index contributed by atoms with van der Waals surface area (Å²) in [6, 6.07) is 0. The maximum absolute atomic E-state index is 11.5. The van der Waals surface area contributed by atoms with E-state index in [4.69, 9.17) is 5.73 Å². The molecule has 1 amide bonds. The molecule has 0 aromatic heterocycles. The summed E-state index contributed by atoms with van der Waals surface area (Å²) in [5, 5.41) is 0. The number of carbonyl (C=O) groups is 1. The van der Waals surface area contributed by atoms with Gasteiger partial charge in [0.1, 0.15) is 0 Å². The van der Waals surface area contributed by atoms with Gasteiger partial charge in [0.15, 0.2) is 0 Å². The molecule has 0 saturated heterocycles. The average Bonchev–Trinajstić information content (AvgIpc) is 2.72. The molecular weight excluding hydrogens is 427 g/mol. The Kier molecular flexibility index (Phi) is 9.17. The zero-order valence-corrected chi connectivity index (χ0v) is 22.4. The second kappa shape index (κ2) is 9.81. The summed E-state index contributed by atoms with van der Waals surface area (Å²) in [6.45, 7) is 11.0. The first kappa shape index (κ1) is 25.2. The quantitative estimate of drug-likeness (QED) is 0.326. The van der Waals surface area contributed by atoms with Gasteiger partial charge < -0.3 is 10.5 Å². The first-order valence-corrected chi connectivity index (χ1v) is 15.2. The summed E-state index contributed by atoms with van der Waals surface area (Å²) >= 11 is 0.312. The van der Waals surface area contributed by atoms with Gasteiger partial charge in [0, 0.05) is 5.41 Å². The summed E-state index contributed by atoms with van der Waals surface area (Å²) in [5.41, 5.74) is 11.9. The predicted molar refractivity (Wildman–Crippen MR) is 113 cm³/mol. The van der Waals surface area contributed by atoms with Crippen LogP contribution in [0.1, 0.15) is 73.1 Å². The molecule has 0 aromatic carbocycles. The van der Waals surface area contributed by atoms with Gasteiger partial charge in [-0.3, -0.25) is 6.08 Å². The van der Waals surface area contributed by atoms with E-state index >= 15 is 0 Å². The smallest absolute Gasteiger partial charge is 2.00 e. The van der Waals surface area contributed by atoms with Gasteiger partial charge in [-0.05, 0) is 55.8 Å². The molecule has 149 valence electrons. The van der Waals surface area contributed by atoms with Crippen molar-refractivity contribution < 1.29 is 26.5 Å². The van der Waals surface area contributed by atoms with Gasteiger partial charge in [0.05, 0.1) is 5.91 Å². The monoisotopic (exact) mass is 466 g/mol. The molecule has 1 radical (unpaired) electrons. The molecule has 4 fully saturated rings. The summed E-state index contributed by atoms with van der Waals surface area (Å²) in [6.07, 6.45) is 10.4. The molecule has 2 nitrogen and oxygen atoms in total. The van der Waals surface area contributed by atoms with E-state index in [2.05, 4.69) is 52.2 Å². The molecular formula is C23H38GeNOTi. The Labute approximate surface area is 188 Å². The van der Waals surface area contributed by atoms with Crippen molar-refractivity contribution in [3.63, 3.8) is 0 Å². The van der Waals surface area contributed by atoms with E-state index < -0.39 is 0 Å². The van der Waals surface area contributed by atoms with E-state index in [-0.39, 0.29) is 33.0 Å². The molecule has 4 heteroatoms. The first-order chi connectivity index (χ1) is 12.1. The molecule has 5 aliphatic rings. The fraction of sp³-hybridized carbons (Fsp3) is 0.783. The van der Waals surface area contributed by atoms with Crippen LogP contribution in [0.4, 0.5) is 0 Å². The van der Waals surface area contributed by atoms with Crippen molar-refractivity contribution >= 4 is 21.3 Å². The Hall–Kier alpha value is 0.207. The van der Waals surface area contributed by atoms with Crippen molar-refractivity contribution in [3.05, 3.63) is 28.5 Å². The zero-order chi connectivity index (χ0) is 19.7. The fourth-order valence-corrected chi connectivity index (χ4v) is 6.15. The normalized spacial score (nSPS) is 38.2. The molecule has 1 N–H and O–H groups in total. The van der Waals surface area contributed by atoms with Crippen molar-refractivity contribution in [2.75, 3.05) is 0 Å². The van der Waals surface area contributed by atoms with E-state index in [1.165, 1.54) is 36.0 Å². The van der Waals surface area contributed by atoms with Crippen LogP contribution in [-0.4, -0.2) is 21.3 Å². The minimum absolute atomic E-state index is 0. The molecule has 0 spiro atoms. The van der Waals surface area contributed by atoms with Crippen molar-refractivity contribution in [3.8, 4) is 0 Å². The number of hydrogen-bond donors (Lipinski definition) is 0. The third kappa shape index (κ3) is 5.63. The van der Waals surface area contributed by atoms with Gasteiger partial charge in [-0.25, -0.2) is 5.57 Å². The second-order valence-corrected chi connectivity index (χ2v) is 12.2. The molecule has 0 aromatic rings. The fourth-order valence-electron chi connectivity index (χ4n) is 6.15. The largest absolute Gasteiger partial charge is 2.00 e. The molecule has 5 aliphatic carbocycles. The number of carbonyl (C=O) groups excluding carboxylic acids is 1. The third-order valence-electron chi connectivity index (χ3n) is 7.07. The molecule has 3 unspecified atom stereocenters. The van der Waals surface area contributed by atoms with Gasteiger partial charge in [-0.1, -0.05) is 33.6 Å². The number of amides is 1. The maximum atomic E-state index is 11.5. The van der Waals surface area contributed by atoms with Crippen LogP contribution in [-0.2, 0) is 26.5 Å². The first-order valence-electron chi connectivity index (χ1n) is 10.3. The van der Waals surface area contributed by atoms with E-state index in [1.807, 2.05) is 0 Å². The molecule has 5 rings (SSSR count). The van der Waals surface area contributed by atoms with Gasteiger partial charge >= 0.3 is 48.7 Å². The van der Waals surface area contributed by atoms with Gasteiger partial charge in [0.2, 0.25) is 0 Å². The van der Waals surface area contributed by atoms with Crippen LogP contribution in [0.3, 0.4) is 0 Å². The minimum Gasteiger partial charge on any atom is 2.00 e. The van der Waals surface area contributed by atoms with Crippen molar-refractivity contribution in [2.45, 2.75) is 84.7 Å². The van der Waals surface area contributed by atoms with Crippen molar-refractivity contribution in [1.29, 1.82) is 0 Å². The van der Waals surface area contributed by atoms with Crippen LogP contribution >= 0.6 is 0 Å². The van der Waals surface area contributed by atoms with Gasteiger partial charge in [-0.15, -0.1) is 6.92 Å². The predicted octanol–water partition coefficient (Wildman–Crippen LogP) is 6.41. The maximum Gasteiger partial charge on any atom is 2.00 e. The van der Waals surface area contributed by atoms with Crippen LogP contribution in [0.15, 0.2) is 16.7 Å². The summed E-state index contributed by atoms with van der Waals surface area (Å²) in [4.78, 5) is 11.5. The summed E-state index contributed by atoms with van der Waals surface area (Å²) < 4.78 is 0. The van der Waals surface area contributed by atoms with E-state index in [1.54, 1.807) is 0 Å². The van der Waals surface area contributed by atoms with Crippen molar-refractivity contribution in [2.24, 2.45) is 28.6 Å². The van der Waals surface area contributed by atoms with E-state index in [9.17, 15) is 4.79 Å². The Morgan fingerprint density at radius 3 is 1.85 bits per heavy atom. The van der Waals surface area contributed by atoms with Gasteiger partial charge in [-0.2, -0.15) is 11.1 Å². The topological polar surface area (TPSA) is 40.9 Å². The number of allylic oxidation sites excluding steroid dienone is 4.